The highest BCUT2D eigenvalue weighted by Crippen LogP contribution is 2.35. The van der Waals surface area contributed by atoms with E-state index in [-0.39, 0.29) is 30.7 Å². The summed E-state index contributed by atoms with van der Waals surface area (Å²) in [7, 11) is 0. The first-order chi connectivity index (χ1) is 9.65. The molecule has 0 saturated carbocycles. The molecule has 2 aliphatic heterocycles. The van der Waals surface area contributed by atoms with Crippen LogP contribution in [-0.2, 0) is 4.79 Å². The van der Waals surface area contributed by atoms with Crippen LogP contribution in [0, 0.1) is 6.92 Å². The number of para-hydroxylation sites is 1. The number of piperidine rings is 1. The summed E-state index contributed by atoms with van der Waals surface area (Å²) >= 11 is 0. The third-order valence-corrected chi connectivity index (χ3v) is 4.44. The summed E-state index contributed by atoms with van der Waals surface area (Å²) in [5.41, 5.74) is 1.04. The third-order valence-electron chi connectivity index (χ3n) is 4.44. The Kier molecular flexibility index (Phi) is 3.66. The molecular formula is C16H21NO3. The van der Waals surface area contributed by atoms with Crippen molar-refractivity contribution in [2.24, 2.45) is 0 Å². The molecule has 2 heterocycles. The molecule has 2 saturated heterocycles. The van der Waals surface area contributed by atoms with Crippen molar-refractivity contribution in [3.05, 3.63) is 29.8 Å². The molecule has 108 valence electrons. The fourth-order valence-electron chi connectivity index (χ4n) is 3.49. The Morgan fingerprint density at radius 3 is 2.60 bits per heavy atom. The molecular weight excluding hydrogens is 254 g/mol. The average molecular weight is 275 g/mol. The number of benzene rings is 1. The molecule has 4 heteroatoms. The van der Waals surface area contributed by atoms with E-state index >= 15 is 0 Å². The molecule has 1 aromatic carbocycles. The highest BCUT2D eigenvalue weighted by molar-refractivity contribution is 5.79. The molecule has 2 atom stereocenters. The number of amides is 1. The summed E-state index contributed by atoms with van der Waals surface area (Å²) < 4.78 is 5.65. The normalized spacial score (nSPS) is 28.5. The molecule has 2 unspecified atom stereocenters. The molecule has 2 fully saturated rings. The van der Waals surface area contributed by atoms with Gasteiger partial charge in [-0.25, -0.2) is 0 Å². The minimum absolute atomic E-state index is 0.0488. The Hall–Kier alpha value is -1.55. The van der Waals surface area contributed by atoms with Gasteiger partial charge >= 0.3 is 0 Å². The van der Waals surface area contributed by atoms with Crippen LogP contribution in [0.4, 0.5) is 0 Å². The van der Waals surface area contributed by atoms with E-state index in [1.165, 1.54) is 0 Å². The number of fused-ring (bicyclic) bond motifs is 2. The Morgan fingerprint density at radius 2 is 1.95 bits per heavy atom. The molecule has 1 N–H and O–H groups in total. The van der Waals surface area contributed by atoms with Gasteiger partial charge in [-0.2, -0.15) is 0 Å². The summed E-state index contributed by atoms with van der Waals surface area (Å²) in [6.45, 7) is 2.06. The summed E-state index contributed by atoms with van der Waals surface area (Å²) in [4.78, 5) is 14.3. The van der Waals surface area contributed by atoms with Crippen LogP contribution in [0.3, 0.4) is 0 Å². The molecule has 3 rings (SSSR count). The van der Waals surface area contributed by atoms with Crippen LogP contribution in [-0.4, -0.2) is 40.7 Å². The predicted octanol–water partition coefficient (Wildman–Crippen LogP) is 1.89. The van der Waals surface area contributed by atoms with Crippen molar-refractivity contribution in [2.75, 3.05) is 6.61 Å². The van der Waals surface area contributed by atoms with Crippen LogP contribution < -0.4 is 4.74 Å². The fraction of sp³-hybridized carbons (Fsp3) is 0.562. The number of ether oxygens (including phenoxy) is 1. The van der Waals surface area contributed by atoms with Crippen molar-refractivity contribution in [3.63, 3.8) is 0 Å². The summed E-state index contributed by atoms with van der Waals surface area (Å²) in [6, 6.07) is 8.13. The molecule has 0 radical (unpaired) electrons. The van der Waals surface area contributed by atoms with E-state index in [1.807, 2.05) is 36.1 Å². The van der Waals surface area contributed by atoms with E-state index < -0.39 is 0 Å². The van der Waals surface area contributed by atoms with Crippen LogP contribution in [0.2, 0.25) is 0 Å². The summed E-state index contributed by atoms with van der Waals surface area (Å²) in [6.07, 6.45) is 3.21. The van der Waals surface area contributed by atoms with E-state index in [0.717, 1.165) is 24.2 Å². The molecule has 2 bridgehead atoms. The van der Waals surface area contributed by atoms with E-state index in [2.05, 4.69) is 0 Å². The SMILES string of the molecule is Cc1ccccc1OCC(=O)N1C2CCC1CC(O)C2. The molecule has 0 spiro atoms. The van der Waals surface area contributed by atoms with Crippen LogP contribution >= 0.6 is 0 Å². The van der Waals surface area contributed by atoms with Gasteiger partial charge in [-0.1, -0.05) is 18.2 Å². The molecule has 20 heavy (non-hydrogen) atoms. The lowest BCUT2D eigenvalue weighted by molar-refractivity contribution is -0.139. The number of aliphatic hydroxyl groups excluding tert-OH is 1. The lowest BCUT2D eigenvalue weighted by Gasteiger charge is -2.37. The lowest BCUT2D eigenvalue weighted by Crippen LogP contribution is -2.49. The van der Waals surface area contributed by atoms with Crippen LogP contribution in [0.5, 0.6) is 5.75 Å². The van der Waals surface area contributed by atoms with E-state index in [1.54, 1.807) is 0 Å². The molecule has 1 amide bonds. The number of aryl methyl sites for hydroxylation is 1. The van der Waals surface area contributed by atoms with Crippen LogP contribution in [0.25, 0.3) is 0 Å². The second-order valence-electron chi connectivity index (χ2n) is 5.87. The first kappa shape index (κ1) is 13.4. The largest absolute Gasteiger partial charge is 0.484 e. The second-order valence-corrected chi connectivity index (χ2v) is 5.87. The number of rotatable bonds is 3. The molecule has 0 aliphatic carbocycles. The van der Waals surface area contributed by atoms with E-state index in [9.17, 15) is 9.90 Å². The van der Waals surface area contributed by atoms with Crippen molar-refractivity contribution < 1.29 is 14.6 Å². The minimum Gasteiger partial charge on any atom is -0.484 e. The number of hydrogen-bond acceptors (Lipinski definition) is 3. The maximum Gasteiger partial charge on any atom is 0.261 e. The highest BCUT2D eigenvalue weighted by atomic mass is 16.5. The Bertz CT molecular complexity index is 488. The Balaban J connectivity index is 1.62. The zero-order chi connectivity index (χ0) is 14.1. The van der Waals surface area contributed by atoms with Gasteiger partial charge in [-0.3, -0.25) is 4.79 Å². The van der Waals surface area contributed by atoms with Crippen molar-refractivity contribution >= 4 is 5.91 Å². The molecule has 2 aliphatic rings. The highest BCUT2D eigenvalue weighted by Gasteiger charge is 2.42. The number of carbonyl (C=O) groups is 1. The number of hydrogen-bond donors (Lipinski definition) is 1. The maximum atomic E-state index is 12.4. The van der Waals surface area contributed by atoms with Gasteiger partial charge in [0.15, 0.2) is 6.61 Å². The van der Waals surface area contributed by atoms with Crippen LogP contribution in [0.1, 0.15) is 31.2 Å². The topological polar surface area (TPSA) is 49.8 Å². The predicted molar refractivity (Wildman–Crippen MR) is 75.6 cm³/mol. The Morgan fingerprint density at radius 1 is 1.30 bits per heavy atom. The molecule has 0 aromatic heterocycles. The van der Waals surface area contributed by atoms with Gasteiger partial charge in [-0.05, 0) is 44.2 Å². The minimum atomic E-state index is -0.242. The van der Waals surface area contributed by atoms with Gasteiger partial charge in [0.25, 0.3) is 5.91 Å². The van der Waals surface area contributed by atoms with Crippen molar-refractivity contribution in [1.82, 2.24) is 4.90 Å². The van der Waals surface area contributed by atoms with Gasteiger partial charge in [0, 0.05) is 12.1 Å². The van der Waals surface area contributed by atoms with E-state index in [0.29, 0.717) is 12.8 Å². The zero-order valence-electron chi connectivity index (χ0n) is 11.8. The van der Waals surface area contributed by atoms with Gasteiger partial charge in [-0.15, -0.1) is 0 Å². The third kappa shape index (κ3) is 2.52. The Labute approximate surface area is 119 Å². The number of carbonyl (C=O) groups excluding carboxylic acids is 1. The van der Waals surface area contributed by atoms with Crippen molar-refractivity contribution in [3.8, 4) is 5.75 Å². The molecule has 1 aromatic rings. The summed E-state index contributed by atoms with van der Waals surface area (Å²) in [5, 5.41) is 9.76. The monoisotopic (exact) mass is 275 g/mol. The first-order valence-electron chi connectivity index (χ1n) is 7.33. The number of nitrogens with zero attached hydrogens (tertiary/aromatic N) is 1. The van der Waals surface area contributed by atoms with Gasteiger partial charge in [0.2, 0.25) is 0 Å². The summed E-state index contributed by atoms with van der Waals surface area (Å²) in [5.74, 6) is 0.817. The number of aliphatic hydroxyl groups is 1. The van der Waals surface area contributed by atoms with E-state index in [4.69, 9.17) is 4.74 Å². The quantitative estimate of drug-likeness (QED) is 0.916. The van der Waals surface area contributed by atoms with Crippen LogP contribution in [0.15, 0.2) is 24.3 Å². The average Bonchev–Trinajstić information content (AvgIpc) is 2.70. The fourth-order valence-corrected chi connectivity index (χ4v) is 3.49. The lowest BCUT2D eigenvalue weighted by atomic mass is 10.00. The van der Waals surface area contributed by atoms with Gasteiger partial charge < -0.3 is 14.7 Å². The smallest absolute Gasteiger partial charge is 0.261 e. The van der Waals surface area contributed by atoms with Crippen molar-refractivity contribution in [1.29, 1.82) is 0 Å². The second kappa shape index (κ2) is 5.44. The maximum absolute atomic E-state index is 12.4. The van der Waals surface area contributed by atoms with Crippen molar-refractivity contribution in [2.45, 2.75) is 50.8 Å². The first-order valence-corrected chi connectivity index (χ1v) is 7.33. The molecule has 4 nitrogen and oxygen atoms in total. The zero-order valence-corrected chi connectivity index (χ0v) is 11.8. The van der Waals surface area contributed by atoms with Gasteiger partial charge in [0.1, 0.15) is 5.75 Å². The van der Waals surface area contributed by atoms with Gasteiger partial charge in [0.05, 0.1) is 6.10 Å². The standard InChI is InChI=1S/C16H21NO3/c1-11-4-2-3-5-15(11)20-10-16(19)17-12-6-7-13(17)9-14(18)8-12/h2-5,12-14,18H,6-10H2,1H3.